The smallest absolute Gasteiger partial charge is 0.433 e. The maximum atomic E-state index is 12.6. The Kier molecular flexibility index (Phi) is 4.26. The summed E-state index contributed by atoms with van der Waals surface area (Å²) < 4.78 is 43.2. The SMILES string of the molecule is CC1Oc2ccc([N+](=O)[O-])cc2N(Cc2ccc(C(F)(F)F)nc2)C1=O. The maximum absolute atomic E-state index is 12.6. The summed E-state index contributed by atoms with van der Waals surface area (Å²) >= 11 is 0. The van der Waals surface area contributed by atoms with Crippen molar-refractivity contribution < 1.29 is 27.6 Å². The van der Waals surface area contributed by atoms with Gasteiger partial charge in [0, 0.05) is 18.3 Å². The van der Waals surface area contributed by atoms with Crippen LogP contribution in [0.15, 0.2) is 36.5 Å². The van der Waals surface area contributed by atoms with Crippen molar-refractivity contribution >= 4 is 17.3 Å². The van der Waals surface area contributed by atoms with Gasteiger partial charge in [-0.15, -0.1) is 0 Å². The van der Waals surface area contributed by atoms with Gasteiger partial charge < -0.3 is 9.64 Å². The second-order valence-corrected chi connectivity index (χ2v) is 5.64. The van der Waals surface area contributed by atoms with E-state index in [1.54, 1.807) is 0 Å². The van der Waals surface area contributed by atoms with Gasteiger partial charge in [0.1, 0.15) is 11.4 Å². The van der Waals surface area contributed by atoms with Crippen molar-refractivity contribution in [2.75, 3.05) is 4.90 Å². The van der Waals surface area contributed by atoms with Gasteiger partial charge in [0.25, 0.3) is 11.6 Å². The van der Waals surface area contributed by atoms with E-state index in [1.165, 1.54) is 36.1 Å². The third-order valence-corrected chi connectivity index (χ3v) is 3.82. The Morgan fingerprint density at radius 1 is 1.31 bits per heavy atom. The molecule has 2 aromatic rings. The van der Waals surface area contributed by atoms with Crippen LogP contribution in [0, 0.1) is 10.1 Å². The number of carbonyl (C=O) groups is 1. The number of non-ortho nitro benzene ring substituents is 1. The van der Waals surface area contributed by atoms with Crippen LogP contribution in [0.25, 0.3) is 0 Å². The van der Waals surface area contributed by atoms with Crippen molar-refractivity contribution in [3.63, 3.8) is 0 Å². The molecule has 0 spiro atoms. The topological polar surface area (TPSA) is 85.6 Å². The van der Waals surface area contributed by atoms with Crippen molar-refractivity contribution in [2.45, 2.75) is 25.7 Å². The molecule has 1 unspecified atom stereocenters. The molecule has 1 aromatic heterocycles. The number of carbonyl (C=O) groups excluding carboxylic acids is 1. The van der Waals surface area contributed by atoms with Gasteiger partial charge in [-0.2, -0.15) is 13.2 Å². The molecule has 0 saturated carbocycles. The molecule has 10 heteroatoms. The average Bonchev–Trinajstić information content (AvgIpc) is 2.58. The Hall–Kier alpha value is -3.17. The van der Waals surface area contributed by atoms with E-state index < -0.39 is 28.8 Å². The van der Waals surface area contributed by atoms with Gasteiger partial charge in [0.15, 0.2) is 6.10 Å². The molecule has 3 rings (SSSR count). The number of benzene rings is 1. The Bertz CT molecular complexity index is 868. The summed E-state index contributed by atoms with van der Waals surface area (Å²) in [5, 5.41) is 11.0. The number of hydrogen-bond donors (Lipinski definition) is 0. The number of nitrogens with zero attached hydrogens (tertiary/aromatic N) is 3. The zero-order chi connectivity index (χ0) is 19.1. The number of rotatable bonds is 3. The molecule has 1 amide bonds. The zero-order valence-electron chi connectivity index (χ0n) is 13.4. The molecule has 0 fully saturated rings. The molecule has 0 aliphatic carbocycles. The van der Waals surface area contributed by atoms with Crippen LogP contribution in [-0.2, 0) is 17.5 Å². The molecule has 1 aromatic carbocycles. The number of amides is 1. The van der Waals surface area contributed by atoms with E-state index in [2.05, 4.69) is 4.98 Å². The van der Waals surface area contributed by atoms with Crippen LogP contribution in [0.1, 0.15) is 18.2 Å². The third kappa shape index (κ3) is 3.30. The van der Waals surface area contributed by atoms with E-state index in [0.29, 0.717) is 5.56 Å². The van der Waals surface area contributed by atoms with Gasteiger partial charge in [-0.3, -0.25) is 19.9 Å². The lowest BCUT2D eigenvalue weighted by Crippen LogP contribution is -2.44. The van der Waals surface area contributed by atoms with Crippen molar-refractivity contribution in [3.8, 4) is 5.75 Å². The quantitative estimate of drug-likeness (QED) is 0.614. The van der Waals surface area contributed by atoms with Gasteiger partial charge in [-0.25, -0.2) is 0 Å². The molecular weight excluding hydrogens is 355 g/mol. The average molecular weight is 367 g/mol. The Morgan fingerprint density at radius 3 is 2.62 bits per heavy atom. The number of nitro groups is 1. The van der Waals surface area contributed by atoms with E-state index in [-0.39, 0.29) is 23.7 Å². The summed E-state index contributed by atoms with van der Waals surface area (Å²) in [5.74, 6) is -0.180. The van der Waals surface area contributed by atoms with Crippen LogP contribution in [-0.4, -0.2) is 21.9 Å². The van der Waals surface area contributed by atoms with E-state index in [1.807, 2.05) is 0 Å². The van der Waals surface area contributed by atoms with Crippen LogP contribution in [0.3, 0.4) is 0 Å². The first-order chi connectivity index (χ1) is 12.2. The normalized spacial score (nSPS) is 16.8. The number of halogens is 3. The fourth-order valence-corrected chi connectivity index (χ4v) is 2.54. The first-order valence-electron chi connectivity index (χ1n) is 7.45. The minimum atomic E-state index is -4.56. The minimum Gasteiger partial charge on any atom is -0.479 e. The van der Waals surface area contributed by atoms with Crippen molar-refractivity contribution in [2.24, 2.45) is 0 Å². The Balaban J connectivity index is 1.95. The number of pyridine rings is 1. The van der Waals surface area contributed by atoms with Crippen LogP contribution in [0.4, 0.5) is 24.5 Å². The third-order valence-electron chi connectivity index (χ3n) is 3.82. The lowest BCUT2D eigenvalue weighted by atomic mass is 10.1. The predicted octanol–water partition coefficient (Wildman–Crippen LogP) is 3.32. The highest BCUT2D eigenvalue weighted by Crippen LogP contribution is 2.37. The first kappa shape index (κ1) is 17.6. The molecule has 26 heavy (non-hydrogen) atoms. The lowest BCUT2D eigenvalue weighted by molar-refractivity contribution is -0.384. The Morgan fingerprint density at radius 2 is 2.04 bits per heavy atom. The largest absolute Gasteiger partial charge is 0.479 e. The maximum Gasteiger partial charge on any atom is 0.433 e. The highest BCUT2D eigenvalue weighted by molar-refractivity contribution is 6.00. The monoisotopic (exact) mass is 367 g/mol. The molecule has 0 N–H and O–H groups in total. The van der Waals surface area contributed by atoms with E-state index >= 15 is 0 Å². The number of aromatic nitrogens is 1. The molecule has 1 aliphatic rings. The van der Waals surface area contributed by atoms with Gasteiger partial charge in [-0.05, 0) is 24.6 Å². The number of anilines is 1. The number of alkyl halides is 3. The standard InChI is InChI=1S/C16H12F3N3O4/c1-9-15(23)21(8-10-2-5-14(20-7-10)16(17,18)19)12-6-11(22(24)25)3-4-13(12)26-9/h2-7,9H,8H2,1H3. The zero-order valence-corrected chi connectivity index (χ0v) is 13.4. The lowest BCUT2D eigenvalue weighted by Gasteiger charge is -2.32. The van der Waals surface area contributed by atoms with Crippen LogP contribution < -0.4 is 9.64 Å². The van der Waals surface area contributed by atoms with Crippen molar-refractivity contribution in [1.29, 1.82) is 0 Å². The molecular formula is C16H12F3N3O4. The van der Waals surface area contributed by atoms with Crippen molar-refractivity contribution in [3.05, 3.63) is 57.9 Å². The number of fused-ring (bicyclic) bond motifs is 1. The van der Waals surface area contributed by atoms with Crippen LogP contribution in [0.2, 0.25) is 0 Å². The van der Waals surface area contributed by atoms with Crippen LogP contribution in [0.5, 0.6) is 5.75 Å². The van der Waals surface area contributed by atoms with E-state index in [0.717, 1.165) is 12.3 Å². The Labute approximate surface area is 145 Å². The summed E-state index contributed by atoms with van der Waals surface area (Å²) in [5.41, 5.74) is -0.746. The molecule has 136 valence electrons. The molecule has 1 aliphatic heterocycles. The second kappa shape index (κ2) is 6.28. The predicted molar refractivity (Wildman–Crippen MR) is 83.6 cm³/mol. The van der Waals surface area contributed by atoms with Gasteiger partial charge >= 0.3 is 6.18 Å². The fourth-order valence-electron chi connectivity index (χ4n) is 2.54. The number of nitro benzene ring substituents is 1. The van der Waals surface area contributed by atoms with Gasteiger partial charge in [0.2, 0.25) is 0 Å². The molecule has 2 heterocycles. The summed E-state index contributed by atoms with van der Waals surface area (Å²) in [6.45, 7) is 1.43. The highest BCUT2D eigenvalue weighted by atomic mass is 19.4. The summed E-state index contributed by atoms with van der Waals surface area (Å²) in [7, 11) is 0. The summed E-state index contributed by atoms with van der Waals surface area (Å²) in [6.07, 6.45) is -4.37. The highest BCUT2D eigenvalue weighted by Gasteiger charge is 2.34. The molecule has 0 saturated heterocycles. The molecule has 1 atom stereocenters. The minimum absolute atomic E-state index is 0.0914. The summed E-state index contributed by atoms with van der Waals surface area (Å²) in [6, 6.07) is 5.85. The molecule has 0 bridgehead atoms. The van der Waals surface area contributed by atoms with Gasteiger partial charge in [-0.1, -0.05) is 6.07 Å². The van der Waals surface area contributed by atoms with E-state index in [4.69, 9.17) is 4.74 Å². The number of ether oxygens (including phenoxy) is 1. The first-order valence-corrected chi connectivity index (χ1v) is 7.45. The second-order valence-electron chi connectivity index (χ2n) is 5.64. The van der Waals surface area contributed by atoms with Gasteiger partial charge in [0.05, 0.1) is 17.2 Å². The molecule has 0 radical (unpaired) electrons. The fraction of sp³-hybridized carbons (Fsp3) is 0.250. The number of hydrogen-bond acceptors (Lipinski definition) is 5. The van der Waals surface area contributed by atoms with E-state index in [9.17, 15) is 28.1 Å². The molecule has 7 nitrogen and oxygen atoms in total. The van der Waals surface area contributed by atoms with Crippen molar-refractivity contribution in [1.82, 2.24) is 4.98 Å². The summed E-state index contributed by atoms with van der Waals surface area (Å²) in [4.78, 5) is 27.4. The van der Waals surface area contributed by atoms with Crippen LogP contribution >= 0.6 is 0 Å².